The van der Waals surface area contributed by atoms with E-state index in [-0.39, 0.29) is 11.8 Å². The third-order valence-corrected chi connectivity index (χ3v) is 5.73. The summed E-state index contributed by atoms with van der Waals surface area (Å²) in [6, 6.07) is 2.22. The molecule has 22 heavy (non-hydrogen) atoms. The van der Waals surface area contributed by atoms with E-state index in [1.54, 1.807) is 11.3 Å². The number of aromatic nitrogens is 1. The highest BCUT2D eigenvalue weighted by atomic mass is 32.1. The summed E-state index contributed by atoms with van der Waals surface area (Å²) in [5.74, 6) is 0.144. The minimum atomic E-state index is -0.909. The molecule has 0 unspecified atom stereocenters. The molecule has 3 rings (SSSR count). The summed E-state index contributed by atoms with van der Waals surface area (Å²) in [5, 5.41) is 13.5. The van der Waals surface area contributed by atoms with Gasteiger partial charge in [-0.2, -0.15) is 5.26 Å². The normalized spacial score (nSPS) is 23.4. The van der Waals surface area contributed by atoms with E-state index in [0.717, 1.165) is 30.0 Å². The van der Waals surface area contributed by atoms with E-state index >= 15 is 0 Å². The van der Waals surface area contributed by atoms with E-state index in [4.69, 9.17) is 4.74 Å². The lowest BCUT2D eigenvalue weighted by Crippen LogP contribution is -2.45. The average molecular weight is 319 g/mol. The quantitative estimate of drug-likeness (QED) is 0.927. The molecule has 0 spiro atoms. The fourth-order valence-corrected chi connectivity index (χ4v) is 4.39. The molecule has 2 heterocycles. The van der Waals surface area contributed by atoms with E-state index in [9.17, 15) is 10.1 Å². The summed E-state index contributed by atoms with van der Waals surface area (Å²) >= 11 is 1.77. The number of amides is 1. The smallest absolute Gasteiger partial charge is 0.240 e. The first-order valence-corrected chi connectivity index (χ1v) is 8.70. The molecule has 1 aliphatic carbocycles. The van der Waals surface area contributed by atoms with Crippen molar-refractivity contribution in [1.29, 1.82) is 5.26 Å². The molecular formula is C16H21N3O2S. The van der Waals surface area contributed by atoms with Gasteiger partial charge in [0.15, 0.2) is 0 Å². The van der Waals surface area contributed by atoms with Gasteiger partial charge in [-0.15, -0.1) is 11.3 Å². The third kappa shape index (κ3) is 2.88. The second-order valence-corrected chi connectivity index (χ2v) is 7.43. The highest BCUT2D eigenvalue weighted by Gasteiger charge is 2.40. The van der Waals surface area contributed by atoms with E-state index in [2.05, 4.69) is 16.4 Å². The molecular weight excluding hydrogens is 298 g/mol. The third-order valence-electron chi connectivity index (χ3n) is 4.68. The highest BCUT2D eigenvalue weighted by molar-refractivity contribution is 7.11. The van der Waals surface area contributed by atoms with Crippen molar-refractivity contribution in [2.45, 2.75) is 44.9 Å². The number of ether oxygens (including phenoxy) is 1. The maximum absolute atomic E-state index is 12.5. The van der Waals surface area contributed by atoms with Gasteiger partial charge in [0.1, 0.15) is 5.41 Å². The van der Waals surface area contributed by atoms with Gasteiger partial charge in [-0.25, -0.2) is 4.98 Å². The Balaban J connectivity index is 1.65. The standard InChI is InChI=1S/C16H21N3O2S/c1-11-19-14-12(3-2-4-13(14)22-11)9-18-15(20)16(10-17)5-7-21-8-6-16/h12H,2-9H2,1H3,(H,18,20)/t12-/m0/s1. The monoisotopic (exact) mass is 319 g/mol. The van der Waals surface area contributed by atoms with Gasteiger partial charge in [0, 0.05) is 30.6 Å². The number of hydrogen-bond acceptors (Lipinski definition) is 5. The first-order valence-electron chi connectivity index (χ1n) is 7.88. The molecule has 0 aromatic carbocycles. The van der Waals surface area contributed by atoms with Crippen molar-refractivity contribution >= 4 is 17.2 Å². The van der Waals surface area contributed by atoms with Gasteiger partial charge in [0.25, 0.3) is 0 Å². The van der Waals surface area contributed by atoms with Crippen molar-refractivity contribution in [2.75, 3.05) is 19.8 Å². The number of rotatable bonds is 3. The van der Waals surface area contributed by atoms with Gasteiger partial charge in [0.2, 0.25) is 5.91 Å². The van der Waals surface area contributed by atoms with Gasteiger partial charge in [-0.05, 0) is 39.0 Å². The molecule has 1 atom stereocenters. The van der Waals surface area contributed by atoms with Crippen LogP contribution in [0.5, 0.6) is 0 Å². The maximum Gasteiger partial charge on any atom is 0.240 e. The maximum atomic E-state index is 12.5. The molecule has 6 heteroatoms. The Hall–Kier alpha value is -1.45. The lowest BCUT2D eigenvalue weighted by Gasteiger charge is -2.30. The number of nitriles is 1. The van der Waals surface area contributed by atoms with Crippen LogP contribution in [0, 0.1) is 23.7 Å². The largest absolute Gasteiger partial charge is 0.381 e. The van der Waals surface area contributed by atoms with E-state index < -0.39 is 5.41 Å². The van der Waals surface area contributed by atoms with Gasteiger partial charge in [0.05, 0.1) is 16.8 Å². The molecule has 1 aliphatic heterocycles. The Labute approximate surface area is 134 Å². The van der Waals surface area contributed by atoms with Crippen LogP contribution in [0.25, 0.3) is 0 Å². The first kappa shape index (κ1) is 15.4. The summed E-state index contributed by atoms with van der Waals surface area (Å²) in [5.41, 5.74) is 0.250. The Morgan fingerprint density at radius 3 is 3.05 bits per heavy atom. The second kappa shape index (κ2) is 6.35. The van der Waals surface area contributed by atoms with Gasteiger partial charge < -0.3 is 10.1 Å². The molecule has 5 nitrogen and oxygen atoms in total. The van der Waals surface area contributed by atoms with Crippen LogP contribution in [0.4, 0.5) is 0 Å². The fourth-order valence-electron chi connectivity index (χ4n) is 3.32. The molecule has 1 aromatic rings. The summed E-state index contributed by atoms with van der Waals surface area (Å²) in [6.07, 6.45) is 4.28. The fraction of sp³-hybridized carbons (Fsp3) is 0.688. The molecule has 118 valence electrons. The number of carbonyl (C=O) groups excluding carboxylic acids is 1. The molecule has 1 aromatic heterocycles. The molecule has 0 bridgehead atoms. The Kier molecular flexibility index (Phi) is 4.46. The van der Waals surface area contributed by atoms with Crippen LogP contribution < -0.4 is 5.32 Å². The number of hydrogen-bond donors (Lipinski definition) is 1. The van der Waals surface area contributed by atoms with Crippen LogP contribution in [-0.2, 0) is 16.0 Å². The summed E-state index contributed by atoms with van der Waals surface area (Å²) in [4.78, 5) is 18.5. The SMILES string of the molecule is Cc1nc2c(s1)CCC[C@H]2CNC(=O)C1(C#N)CCOCC1. The number of carbonyl (C=O) groups is 1. The minimum absolute atomic E-state index is 0.141. The van der Waals surface area contributed by atoms with Gasteiger partial charge in [-0.3, -0.25) is 4.79 Å². The van der Waals surface area contributed by atoms with Crippen molar-refractivity contribution in [3.63, 3.8) is 0 Å². The van der Waals surface area contributed by atoms with Crippen molar-refractivity contribution in [3.05, 3.63) is 15.6 Å². The topological polar surface area (TPSA) is 75.0 Å². The number of nitrogens with zero attached hydrogens (tertiary/aromatic N) is 2. The molecule has 2 aliphatic rings. The molecule has 1 saturated heterocycles. The number of aryl methyl sites for hydroxylation is 2. The molecule has 1 fully saturated rings. The number of fused-ring (bicyclic) bond motifs is 1. The Bertz CT molecular complexity index is 599. The zero-order valence-corrected chi connectivity index (χ0v) is 13.7. The van der Waals surface area contributed by atoms with Crippen molar-refractivity contribution in [1.82, 2.24) is 10.3 Å². The van der Waals surface area contributed by atoms with Gasteiger partial charge in [-0.1, -0.05) is 0 Å². The van der Waals surface area contributed by atoms with Crippen molar-refractivity contribution in [3.8, 4) is 6.07 Å². The van der Waals surface area contributed by atoms with E-state index in [1.165, 1.54) is 4.88 Å². The summed E-state index contributed by atoms with van der Waals surface area (Å²) < 4.78 is 5.28. The van der Waals surface area contributed by atoms with Crippen LogP contribution in [0.1, 0.15) is 47.2 Å². The first-order chi connectivity index (χ1) is 10.6. The molecule has 0 saturated carbocycles. The van der Waals surface area contributed by atoms with Crippen LogP contribution in [0.15, 0.2) is 0 Å². The number of thiazole rings is 1. The Morgan fingerprint density at radius 2 is 2.32 bits per heavy atom. The van der Waals surface area contributed by atoms with Crippen LogP contribution in [-0.4, -0.2) is 30.6 Å². The van der Waals surface area contributed by atoms with Crippen LogP contribution in [0.2, 0.25) is 0 Å². The molecule has 1 amide bonds. The lowest BCUT2D eigenvalue weighted by molar-refractivity contribution is -0.132. The van der Waals surface area contributed by atoms with Crippen LogP contribution in [0.3, 0.4) is 0 Å². The Morgan fingerprint density at radius 1 is 1.55 bits per heavy atom. The summed E-state index contributed by atoms with van der Waals surface area (Å²) in [7, 11) is 0. The molecule has 1 N–H and O–H groups in total. The van der Waals surface area contributed by atoms with Crippen molar-refractivity contribution < 1.29 is 9.53 Å². The zero-order valence-electron chi connectivity index (χ0n) is 12.9. The molecule has 0 radical (unpaired) electrons. The van der Waals surface area contributed by atoms with Gasteiger partial charge >= 0.3 is 0 Å². The van der Waals surface area contributed by atoms with Crippen molar-refractivity contribution in [2.24, 2.45) is 5.41 Å². The van der Waals surface area contributed by atoms with Crippen LogP contribution >= 0.6 is 11.3 Å². The number of nitrogens with one attached hydrogen (secondary N) is 1. The average Bonchev–Trinajstić information content (AvgIpc) is 2.94. The second-order valence-electron chi connectivity index (χ2n) is 6.15. The zero-order chi connectivity index (χ0) is 15.6. The highest BCUT2D eigenvalue weighted by Crippen LogP contribution is 2.35. The van der Waals surface area contributed by atoms with E-state index in [0.29, 0.717) is 32.6 Å². The predicted molar refractivity (Wildman–Crippen MR) is 83.6 cm³/mol. The minimum Gasteiger partial charge on any atom is -0.381 e. The van der Waals surface area contributed by atoms with E-state index in [1.807, 2.05) is 6.92 Å². The lowest BCUT2D eigenvalue weighted by atomic mass is 9.80. The predicted octanol–water partition coefficient (Wildman–Crippen LogP) is 2.31. The summed E-state index contributed by atoms with van der Waals surface area (Å²) in [6.45, 7) is 3.59.